The zero-order valence-corrected chi connectivity index (χ0v) is 6.17. The molecule has 0 unspecified atom stereocenters. The first-order chi connectivity index (χ1) is 4.33. The van der Waals surface area contributed by atoms with Crippen LogP contribution in [-0.4, -0.2) is 11.8 Å². The zero-order valence-electron chi connectivity index (χ0n) is 4.60. The van der Waals surface area contributed by atoms with Crippen LogP contribution in [-0.2, 0) is 0 Å². The van der Waals surface area contributed by atoms with Crippen LogP contribution in [0.1, 0.15) is 0 Å². The Bertz CT molecular complexity index is 189. The molecule has 2 N–H and O–H groups in total. The number of hydrogen-bond acceptors (Lipinski definition) is 3. The highest BCUT2D eigenvalue weighted by Crippen LogP contribution is 2.25. The summed E-state index contributed by atoms with van der Waals surface area (Å²) in [6, 6.07) is 3.60. The molecule has 0 fully saturated rings. The summed E-state index contributed by atoms with van der Waals surface area (Å²) in [5, 5.41) is 12.0. The molecule has 0 radical (unpaired) electrons. The molecule has 0 bridgehead atoms. The third-order valence-corrected chi connectivity index (χ3v) is 2.02. The average Bonchev–Trinajstić information content (AvgIpc) is 2.17. The van der Waals surface area contributed by atoms with Crippen molar-refractivity contribution in [2.75, 3.05) is 12.0 Å². The summed E-state index contributed by atoms with van der Waals surface area (Å²) >= 11 is 7.00. The fraction of sp³-hybridized carbons (Fsp3) is 0.200. The van der Waals surface area contributed by atoms with Crippen LogP contribution in [0.4, 0.5) is 5.00 Å². The van der Waals surface area contributed by atoms with Gasteiger partial charge in [0.15, 0.2) is 0 Å². The van der Waals surface area contributed by atoms with Gasteiger partial charge in [0.25, 0.3) is 0 Å². The van der Waals surface area contributed by atoms with Crippen LogP contribution in [0, 0.1) is 0 Å². The van der Waals surface area contributed by atoms with Crippen LogP contribution in [0.2, 0.25) is 4.34 Å². The molecule has 1 aromatic heterocycles. The van der Waals surface area contributed by atoms with E-state index >= 15 is 0 Å². The number of thiophene rings is 1. The van der Waals surface area contributed by atoms with Crippen molar-refractivity contribution < 1.29 is 5.11 Å². The summed E-state index contributed by atoms with van der Waals surface area (Å²) in [5.74, 6) is 0. The monoisotopic (exact) mass is 163 g/mol. The molecule has 1 heterocycles. The maximum atomic E-state index is 8.38. The van der Waals surface area contributed by atoms with Gasteiger partial charge in [-0.1, -0.05) is 11.6 Å². The Labute approximate surface area is 62.1 Å². The van der Waals surface area contributed by atoms with Gasteiger partial charge in [-0.25, -0.2) is 0 Å². The molecule has 0 aliphatic heterocycles. The van der Waals surface area contributed by atoms with E-state index in [0.717, 1.165) is 9.34 Å². The molecular weight excluding hydrogens is 158 g/mol. The van der Waals surface area contributed by atoms with Gasteiger partial charge in [-0.05, 0) is 12.1 Å². The summed E-state index contributed by atoms with van der Waals surface area (Å²) in [4.78, 5) is 0. The van der Waals surface area contributed by atoms with Crippen LogP contribution >= 0.6 is 22.9 Å². The molecule has 9 heavy (non-hydrogen) atoms. The Balaban J connectivity index is 2.61. The van der Waals surface area contributed by atoms with Gasteiger partial charge < -0.3 is 10.4 Å². The van der Waals surface area contributed by atoms with Crippen LogP contribution in [0.25, 0.3) is 0 Å². The fourth-order valence-electron chi connectivity index (χ4n) is 0.487. The number of aliphatic hydroxyl groups is 1. The van der Waals surface area contributed by atoms with Crippen molar-refractivity contribution in [2.45, 2.75) is 0 Å². The van der Waals surface area contributed by atoms with E-state index in [1.54, 1.807) is 6.07 Å². The van der Waals surface area contributed by atoms with E-state index in [9.17, 15) is 0 Å². The number of halogens is 1. The number of rotatable bonds is 2. The van der Waals surface area contributed by atoms with Crippen LogP contribution < -0.4 is 5.32 Å². The molecule has 1 rings (SSSR count). The van der Waals surface area contributed by atoms with Gasteiger partial charge in [0.1, 0.15) is 6.73 Å². The van der Waals surface area contributed by atoms with Crippen LogP contribution in [0.3, 0.4) is 0 Å². The maximum Gasteiger partial charge on any atom is 0.113 e. The van der Waals surface area contributed by atoms with E-state index in [2.05, 4.69) is 5.32 Å². The molecule has 0 saturated carbocycles. The zero-order chi connectivity index (χ0) is 6.69. The van der Waals surface area contributed by atoms with Crippen molar-refractivity contribution in [3.63, 3.8) is 0 Å². The number of nitrogens with one attached hydrogen (secondary N) is 1. The predicted molar refractivity (Wildman–Crippen MR) is 40.0 cm³/mol. The first-order valence-electron chi connectivity index (χ1n) is 2.43. The average molecular weight is 164 g/mol. The molecular formula is C5H6ClNOS. The topological polar surface area (TPSA) is 32.3 Å². The molecule has 0 aliphatic rings. The Morgan fingerprint density at radius 3 is 2.89 bits per heavy atom. The number of aliphatic hydroxyl groups excluding tert-OH is 1. The van der Waals surface area contributed by atoms with Crippen molar-refractivity contribution in [2.24, 2.45) is 0 Å². The highest BCUT2D eigenvalue weighted by molar-refractivity contribution is 7.19. The molecule has 0 atom stereocenters. The van der Waals surface area contributed by atoms with Crippen LogP contribution in [0.5, 0.6) is 0 Å². The molecule has 0 saturated heterocycles. The molecule has 50 valence electrons. The summed E-state index contributed by atoms with van der Waals surface area (Å²) in [5.41, 5.74) is 0. The lowest BCUT2D eigenvalue weighted by molar-refractivity contribution is 0.326. The molecule has 0 aromatic carbocycles. The predicted octanol–water partition coefficient (Wildman–Crippen LogP) is 1.76. The first kappa shape index (κ1) is 6.86. The summed E-state index contributed by atoms with van der Waals surface area (Å²) in [6.45, 7) is -0.0448. The second-order valence-electron chi connectivity index (χ2n) is 1.44. The molecule has 2 nitrogen and oxygen atoms in total. The van der Waals surface area contributed by atoms with E-state index in [1.165, 1.54) is 11.3 Å². The number of hydrogen-bond donors (Lipinski definition) is 2. The van der Waals surface area contributed by atoms with Gasteiger partial charge in [0.05, 0.1) is 9.34 Å². The highest BCUT2D eigenvalue weighted by Gasteiger charge is 1.92. The Morgan fingerprint density at radius 2 is 2.44 bits per heavy atom. The molecule has 0 amide bonds. The molecule has 1 aromatic rings. The van der Waals surface area contributed by atoms with Crippen molar-refractivity contribution in [3.05, 3.63) is 16.5 Å². The largest absolute Gasteiger partial charge is 0.377 e. The minimum absolute atomic E-state index is 0.0448. The molecule has 0 aliphatic carbocycles. The number of anilines is 1. The van der Waals surface area contributed by atoms with Crippen molar-refractivity contribution in [1.29, 1.82) is 0 Å². The van der Waals surface area contributed by atoms with E-state index < -0.39 is 0 Å². The quantitative estimate of drug-likeness (QED) is 0.652. The normalized spacial score (nSPS) is 9.56. The molecule has 0 spiro atoms. The smallest absolute Gasteiger partial charge is 0.113 e. The lowest BCUT2D eigenvalue weighted by Crippen LogP contribution is -1.95. The highest BCUT2D eigenvalue weighted by atomic mass is 35.5. The van der Waals surface area contributed by atoms with Gasteiger partial charge in [-0.15, -0.1) is 11.3 Å². The van der Waals surface area contributed by atoms with Gasteiger partial charge in [0.2, 0.25) is 0 Å². The Morgan fingerprint density at radius 1 is 1.67 bits per heavy atom. The van der Waals surface area contributed by atoms with E-state index in [1.807, 2.05) is 6.07 Å². The standard InChI is InChI=1S/C5H6ClNOS/c6-4-1-2-5(9-4)7-3-8/h1-2,7-8H,3H2. The minimum Gasteiger partial charge on any atom is -0.377 e. The van der Waals surface area contributed by atoms with Crippen molar-refractivity contribution >= 4 is 27.9 Å². The minimum atomic E-state index is -0.0448. The first-order valence-corrected chi connectivity index (χ1v) is 3.62. The summed E-state index contributed by atoms with van der Waals surface area (Å²) in [6.07, 6.45) is 0. The lowest BCUT2D eigenvalue weighted by atomic mass is 10.6. The van der Waals surface area contributed by atoms with E-state index in [4.69, 9.17) is 16.7 Å². The van der Waals surface area contributed by atoms with Gasteiger partial charge >= 0.3 is 0 Å². The SMILES string of the molecule is OCNc1ccc(Cl)s1. The lowest BCUT2D eigenvalue weighted by Gasteiger charge is -1.92. The third-order valence-electron chi connectivity index (χ3n) is 0.826. The summed E-state index contributed by atoms with van der Waals surface area (Å²) < 4.78 is 0.728. The second-order valence-corrected chi connectivity index (χ2v) is 3.15. The maximum absolute atomic E-state index is 8.38. The van der Waals surface area contributed by atoms with Gasteiger partial charge in [-0.3, -0.25) is 0 Å². The Kier molecular flexibility index (Phi) is 2.33. The van der Waals surface area contributed by atoms with Crippen molar-refractivity contribution in [3.8, 4) is 0 Å². The van der Waals surface area contributed by atoms with E-state index in [-0.39, 0.29) is 6.73 Å². The second kappa shape index (κ2) is 3.06. The van der Waals surface area contributed by atoms with E-state index in [0.29, 0.717) is 0 Å². The summed E-state index contributed by atoms with van der Waals surface area (Å²) in [7, 11) is 0. The third kappa shape index (κ3) is 1.86. The van der Waals surface area contributed by atoms with Gasteiger partial charge in [-0.2, -0.15) is 0 Å². The van der Waals surface area contributed by atoms with Crippen LogP contribution in [0.15, 0.2) is 12.1 Å². The Hall–Kier alpha value is -0.250. The van der Waals surface area contributed by atoms with Gasteiger partial charge in [0, 0.05) is 0 Å². The fourth-order valence-corrected chi connectivity index (χ4v) is 1.42. The molecule has 4 heteroatoms. The van der Waals surface area contributed by atoms with Crippen molar-refractivity contribution in [1.82, 2.24) is 0 Å².